The number of benzene rings is 1. The van der Waals surface area contributed by atoms with Crippen molar-refractivity contribution in [1.82, 2.24) is 10.3 Å². The number of carbonyl (C=O) groups is 1. The Balaban J connectivity index is 1.89. The zero-order valence-electron chi connectivity index (χ0n) is 11.6. The van der Waals surface area contributed by atoms with E-state index in [2.05, 4.69) is 24.1 Å². The molecule has 1 heterocycles. The number of hydrogen-bond acceptors (Lipinski definition) is 2. The molecule has 1 unspecified atom stereocenters. The van der Waals surface area contributed by atoms with Gasteiger partial charge in [-0.25, -0.2) is 0 Å². The number of amides is 1. The molecular formula is C15H20N2O2. The van der Waals surface area contributed by atoms with Crippen molar-refractivity contribution < 1.29 is 9.53 Å². The van der Waals surface area contributed by atoms with Crippen LogP contribution >= 0.6 is 0 Å². The summed E-state index contributed by atoms with van der Waals surface area (Å²) in [4.78, 5) is 14.8. The van der Waals surface area contributed by atoms with Crippen molar-refractivity contribution in [3.63, 3.8) is 0 Å². The van der Waals surface area contributed by atoms with Crippen LogP contribution in [0.2, 0.25) is 0 Å². The predicted octanol–water partition coefficient (Wildman–Crippen LogP) is 2.71. The second-order valence-electron chi connectivity index (χ2n) is 5.12. The molecule has 19 heavy (non-hydrogen) atoms. The van der Waals surface area contributed by atoms with Gasteiger partial charge in [-0.2, -0.15) is 0 Å². The van der Waals surface area contributed by atoms with Crippen LogP contribution in [0.15, 0.2) is 30.5 Å². The summed E-state index contributed by atoms with van der Waals surface area (Å²) >= 11 is 0. The maximum Gasteiger partial charge on any atom is 0.258 e. The van der Waals surface area contributed by atoms with E-state index in [0.29, 0.717) is 11.7 Å². The molecule has 4 nitrogen and oxygen atoms in total. The van der Waals surface area contributed by atoms with Crippen molar-refractivity contribution >= 4 is 16.8 Å². The summed E-state index contributed by atoms with van der Waals surface area (Å²) in [7, 11) is 0. The average Bonchev–Trinajstić information content (AvgIpc) is 2.83. The number of ether oxygens (including phenoxy) is 1. The molecule has 1 atom stereocenters. The topological polar surface area (TPSA) is 54.1 Å². The fraction of sp³-hybridized carbons (Fsp3) is 0.400. The SMILES string of the molecule is CC(C)C(C)NC(=O)COc1ccc2[nH]ccc2c1. The van der Waals surface area contributed by atoms with Gasteiger partial charge in [-0.15, -0.1) is 0 Å². The molecule has 0 radical (unpaired) electrons. The molecule has 0 saturated heterocycles. The summed E-state index contributed by atoms with van der Waals surface area (Å²) in [6.45, 7) is 6.19. The fourth-order valence-electron chi connectivity index (χ4n) is 1.73. The lowest BCUT2D eigenvalue weighted by Gasteiger charge is -2.17. The molecule has 0 aliphatic heterocycles. The summed E-state index contributed by atoms with van der Waals surface area (Å²) in [5.41, 5.74) is 1.06. The van der Waals surface area contributed by atoms with Gasteiger partial charge in [0.05, 0.1) is 0 Å². The van der Waals surface area contributed by atoms with Crippen molar-refractivity contribution in [2.24, 2.45) is 5.92 Å². The van der Waals surface area contributed by atoms with Gasteiger partial charge >= 0.3 is 0 Å². The molecule has 0 aliphatic carbocycles. The number of carbonyl (C=O) groups excluding carboxylic acids is 1. The van der Waals surface area contributed by atoms with Crippen LogP contribution in [0.5, 0.6) is 5.75 Å². The molecule has 1 amide bonds. The molecule has 1 aromatic heterocycles. The third kappa shape index (κ3) is 3.50. The van der Waals surface area contributed by atoms with Gasteiger partial charge in [0, 0.05) is 23.1 Å². The van der Waals surface area contributed by atoms with Gasteiger partial charge in [-0.05, 0) is 37.1 Å². The molecule has 0 spiro atoms. The number of hydrogen-bond donors (Lipinski definition) is 2. The maximum atomic E-state index is 11.7. The normalized spacial score (nSPS) is 12.6. The fourth-order valence-corrected chi connectivity index (χ4v) is 1.73. The third-order valence-electron chi connectivity index (χ3n) is 3.28. The van der Waals surface area contributed by atoms with Crippen LogP contribution in [-0.2, 0) is 4.79 Å². The van der Waals surface area contributed by atoms with Crippen molar-refractivity contribution in [3.05, 3.63) is 30.5 Å². The molecular weight excluding hydrogens is 240 g/mol. The number of aromatic nitrogens is 1. The van der Waals surface area contributed by atoms with Gasteiger partial charge in [0.25, 0.3) is 5.91 Å². The lowest BCUT2D eigenvalue weighted by atomic mass is 10.1. The van der Waals surface area contributed by atoms with Crippen LogP contribution in [-0.4, -0.2) is 23.5 Å². The first-order valence-electron chi connectivity index (χ1n) is 6.55. The molecule has 2 N–H and O–H groups in total. The van der Waals surface area contributed by atoms with Gasteiger partial charge in [-0.3, -0.25) is 4.79 Å². The molecule has 0 saturated carbocycles. The first-order chi connectivity index (χ1) is 9.06. The first kappa shape index (κ1) is 13.5. The second kappa shape index (κ2) is 5.78. The Morgan fingerprint density at radius 1 is 1.32 bits per heavy atom. The van der Waals surface area contributed by atoms with Crippen LogP contribution in [0, 0.1) is 5.92 Å². The minimum Gasteiger partial charge on any atom is -0.484 e. The summed E-state index contributed by atoms with van der Waals surface area (Å²) in [6, 6.07) is 7.86. The molecule has 0 aliphatic rings. The number of H-pyrrole nitrogens is 1. The molecule has 0 bridgehead atoms. The van der Waals surface area contributed by atoms with Crippen molar-refractivity contribution in [3.8, 4) is 5.75 Å². The Morgan fingerprint density at radius 3 is 2.84 bits per heavy atom. The van der Waals surface area contributed by atoms with Crippen LogP contribution in [0.4, 0.5) is 0 Å². The summed E-state index contributed by atoms with van der Waals surface area (Å²) in [5, 5.41) is 3.99. The zero-order chi connectivity index (χ0) is 13.8. The van der Waals surface area contributed by atoms with Gasteiger partial charge in [-0.1, -0.05) is 13.8 Å². The molecule has 1 aromatic carbocycles. The van der Waals surface area contributed by atoms with Gasteiger partial charge < -0.3 is 15.0 Å². The van der Waals surface area contributed by atoms with E-state index in [0.717, 1.165) is 10.9 Å². The van der Waals surface area contributed by atoms with Crippen LogP contribution < -0.4 is 10.1 Å². The third-order valence-corrected chi connectivity index (χ3v) is 3.28. The Labute approximate surface area is 113 Å². The Morgan fingerprint density at radius 2 is 2.11 bits per heavy atom. The van der Waals surface area contributed by atoms with E-state index in [1.165, 1.54) is 0 Å². The highest BCUT2D eigenvalue weighted by Gasteiger charge is 2.11. The van der Waals surface area contributed by atoms with Gasteiger partial charge in [0.1, 0.15) is 5.75 Å². The monoisotopic (exact) mass is 260 g/mol. The number of rotatable bonds is 5. The quantitative estimate of drug-likeness (QED) is 0.868. The second-order valence-corrected chi connectivity index (χ2v) is 5.12. The van der Waals surface area contributed by atoms with Gasteiger partial charge in [0.2, 0.25) is 0 Å². The molecule has 2 aromatic rings. The molecule has 0 fully saturated rings. The van der Waals surface area contributed by atoms with Crippen molar-refractivity contribution in [1.29, 1.82) is 0 Å². The summed E-state index contributed by atoms with van der Waals surface area (Å²) in [6.07, 6.45) is 1.88. The minimum absolute atomic E-state index is 0.0486. The van der Waals surface area contributed by atoms with Crippen LogP contribution in [0.3, 0.4) is 0 Å². The molecule has 2 rings (SSSR count). The van der Waals surface area contributed by atoms with Crippen LogP contribution in [0.25, 0.3) is 10.9 Å². The Kier molecular flexibility index (Phi) is 4.10. The number of nitrogens with one attached hydrogen (secondary N) is 2. The largest absolute Gasteiger partial charge is 0.484 e. The van der Waals surface area contributed by atoms with E-state index in [-0.39, 0.29) is 18.6 Å². The lowest BCUT2D eigenvalue weighted by Crippen LogP contribution is -2.38. The van der Waals surface area contributed by atoms with E-state index in [9.17, 15) is 4.79 Å². The molecule has 4 heteroatoms. The van der Waals surface area contributed by atoms with E-state index in [4.69, 9.17) is 4.74 Å². The highest BCUT2D eigenvalue weighted by Crippen LogP contribution is 2.19. The van der Waals surface area contributed by atoms with E-state index in [1.807, 2.05) is 37.4 Å². The van der Waals surface area contributed by atoms with Crippen molar-refractivity contribution in [2.45, 2.75) is 26.8 Å². The highest BCUT2D eigenvalue weighted by molar-refractivity contribution is 5.81. The minimum atomic E-state index is -0.0876. The van der Waals surface area contributed by atoms with E-state index in [1.54, 1.807) is 0 Å². The van der Waals surface area contributed by atoms with Crippen LogP contribution in [0.1, 0.15) is 20.8 Å². The van der Waals surface area contributed by atoms with Crippen molar-refractivity contribution in [2.75, 3.05) is 6.61 Å². The predicted molar refractivity (Wildman–Crippen MR) is 76.2 cm³/mol. The maximum absolute atomic E-state index is 11.7. The molecule has 102 valence electrons. The Bertz CT molecular complexity index is 560. The van der Waals surface area contributed by atoms with E-state index < -0.39 is 0 Å². The highest BCUT2D eigenvalue weighted by atomic mass is 16.5. The van der Waals surface area contributed by atoms with E-state index >= 15 is 0 Å². The average molecular weight is 260 g/mol. The summed E-state index contributed by atoms with van der Waals surface area (Å²) < 4.78 is 5.50. The Hall–Kier alpha value is -1.97. The van der Waals surface area contributed by atoms with Gasteiger partial charge in [0.15, 0.2) is 6.61 Å². The lowest BCUT2D eigenvalue weighted by molar-refractivity contribution is -0.124. The first-order valence-corrected chi connectivity index (χ1v) is 6.55. The summed E-state index contributed by atoms with van der Waals surface area (Å²) in [5.74, 6) is 1.04. The number of aromatic amines is 1. The zero-order valence-corrected chi connectivity index (χ0v) is 11.6. The smallest absolute Gasteiger partial charge is 0.258 e. The number of fused-ring (bicyclic) bond motifs is 1. The standard InChI is InChI=1S/C15H20N2O2/c1-10(2)11(3)17-15(18)9-19-13-4-5-14-12(8-13)6-7-16-14/h4-8,10-11,16H,9H2,1-3H3,(H,17,18).